The molecule has 2 aromatic carbocycles. The molecule has 0 saturated heterocycles. The van der Waals surface area contributed by atoms with Crippen LogP contribution in [0.1, 0.15) is 17.2 Å². The van der Waals surface area contributed by atoms with Crippen LogP contribution in [0.15, 0.2) is 48.5 Å². The molecule has 0 spiro atoms. The van der Waals surface area contributed by atoms with Crippen LogP contribution in [0.25, 0.3) is 0 Å². The Balaban J connectivity index is 2.22. The molecule has 2 N–H and O–H groups in total. The number of para-hydroxylation sites is 1. The summed E-state index contributed by atoms with van der Waals surface area (Å²) in [6.45, 7) is -3.01. The van der Waals surface area contributed by atoms with Gasteiger partial charge in [0.25, 0.3) is 0 Å². The van der Waals surface area contributed by atoms with Gasteiger partial charge >= 0.3 is 13.0 Å². The molecule has 0 bridgehead atoms. The standard InChI is InChI=1S/C15H12F5NO2/c16-14(17)22-12-4-2-1-3-11(12)13(21)9-5-7-10(8-6-9)23-15(18,19)20/h1-8,13-14H,21H2/t13-/m0/s1. The van der Waals surface area contributed by atoms with Crippen molar-refractivity contribution in [3.63, 3.8) is 0 Å². The smallest absolute Gasteiger partial charge is 0.434 e. The Morgan fingerprint density at radius 2 is 1.52 bits per heavy atom. The molecule has 0 aliphatic carbocycles. The van der Waals surface area contributed by atoms with E-state index < -0.39 is 24.8 Å². The highest BCUT2D eigenvalue weighted by molar-refractivity contribution is 5.42. The summed E-state index contributed by atoms with van der Waals surface area (Å²) in [7, 11) is 0. The summed E-state index contributed by atoms with van der Waals surface area (Å²) in [5, 5.41) is 0. The van der Waals surface area contributed by atoms with E-state index in [9.17, 15) is 22.0 Å². The average molecular weight is 333 g/mol. The van der Waals surface area contributed by atoms with Gasteiger partial charge in [0.1, 0.15) is 11.5 Å². The molecule has 0 unspecified atom stereocenters. The van der Waals surface area contributed by atoms with E-state index in [1.165, 1.54) is 30.3 Å². The Morgan fingerprint density at radius 3 is 2.09 bits per heavy atom. The summed E-state index contributed by atoms with van der Waals surface area (Å²) in [5.74, 6) is -0.490. The van der Waals surface area contributed by atoms with Crippen molar-refractivity contribution in [2.75, 3.05) is 0 Å². The summed E-state index contributed by atoms with van der Waals surface area (Å²) < 4.78 is 69.2. The lowest BCUT2D eigenvalue weighted by molar-refractivity contribution is -0.274. The summed E-state index contributed by atoms with van der Waals surface area (Å²) in [4.78, 5) is 0. The molecule has 8 heteroatoms. The van der Waals surface area contributed by atoms with E-state index in [-0.39, 0.29) is 11.3 Å². The minimum absolute atomic E-state index is 0.0920. The SMILES string of the molecule is N[C@@H](c1ccc(OC(F)(F)F)cc1)c1ccccc1OC(F)F. The third-order valence-corrected chi connectivity index (χ3v) is 2.94. The fraction of sp³-hybridized carbons (Fsp3) is 0.200. The molecule has 124 valence electrons. The second kappa shape index (κ2) is 6.82. The van der Waals surface area contributed by atoms with Crippen LogP contribution in [-0.2, 0) is 0 Å². The molecule has 2 rings (SSSR count). The Bertz CT molecular complexity index is 643. The zero-order valence-corrected chi connectivity index (χ0v) is 11.6. The zero-order chi connectivity index (χ0) is 17.0. The van der Waals surface area contributed by atoms with Gasteiger partial charge in [0, 0.05) is 5.56 Å². The molecule has 0 aliphatic heterocycles. The maximum Gasteiger partial charge on any atom is 0.573 e. The number of hydrogen-bond donors (Lipinski definition) is 1. The van der Waals surface area contributed by atoms with Crippen LogP contribution in [-0.4, -0.2) is 13.0 Å². The van der Waals surface area contributed by atoms with Gasteiger partial charge < -0.3 is 15.2 Å². The molecule has 0 radical (unpaired) electrons. The summed E-state index contributed by atoms with van der Waals surface area (Å²) in [5.41, 5.74) is 6.69. The lowest BCUT2D eigenvalue weighted by atomic mass is 9.99. The van der Waals surface area contributed by atoms with Gasteiger partial charge in [0.2, 0.25) is 0 Å². The molecule has 23 heavy (non-hydrogen) atoms. The van der Waals surface area contributed by atoms with Gasteiger partial charge in [-0.05, 0) is 23.8 Å². The van der Waals surface area contributed by atoms with Crippen LogP contribution in [0, 0.1) is 0 Å². The maximum absolute atomic E-state index is 12.4. The fourth-order valence-electron chi connectivity index (χ4n) is 2.00. The van der Waals surface area contributed by atoms with Crippen LogP contribution in [0.3, 0.4) is 0 Å². The van der Waals surface area contributed by atoms with Gasteiger partial charge in [-0.3, -0.25) is 0 Å². The fourth-order valence-corrected chi connectivity index (χ4v) is 2.00. The number of alkyl halides is 5. The van der Waals surface area contributed by atoms with Crippen molar-refractivity contribution < 1.29 is 31.4 Å². The van der Waals surface area contributed by atoms with E-state index in [1.54, 1.807) is 6.07 Å². The van der Waals surface area contributed by atoms with E-state index in [2.05, 4.69) is 9.47 Å². The molecular weight excluding hydrogens is 321 g/mol. The monoisotopic (exact) mass is 333 g/mol. The van der Waals surface area contributed by atoms with E-state index in [0.29, 0.717) is 5.56 Å². The van der Waals surface area contributed by atoms with Gasteiger partial charge in [0.15, 0.2) is 0 Å². The van der Waals surface area contributed by atoms with E-state index in [1.807, 2.05) is 0 Å². The molecular formula is C15H12F5NO2. The first-order chi connectivity index (χ1) is 10.8. The molecule has 0 fully saturated rings. The van der Waals surface area contributed by atoms with E-state index in [0.717, 1.165) is 12.1 Å². The highest BCUT2D eigenvalue weighted by atomic mass is 19.4. The van der Waals surface area contributed by atoms with Crippen molar-refractivity contribution in [3.05, 3.63) is 59.7 Å². The first-order valence-corrected chi connectivity index (χ1v) is 6.41. The van der Waals surface area contributed by atoms with Crippen LogP contribution >= 0.6 is 0 Å². The van der Waals surface area contributed by atoms with E-state index >= 15 is 0 Å². The summed E-state index contributed by atoms with van der Waals surface area (Å²) in [6, 6.07) is 9.94. The molecule has 1 atom stereocenters. The molecule has 2 aromatic rings. The van der Waals surface area contributed by atoms with Crippen LogP contribution in [0.2, 0.25) is 0 Å². The minimum atomic E-state index is -4.79. The number of benzene rings is 2. The average Bonchev–Trinajstić information content (AvgIpc) is 2.45. The van der Waals surface area contributed by atoms with Gasteiger partial charge in [-0.1, -0.05) is 30.3 Å². The molecule has 0 aliphatic rings. The predicted molar refractivity (Wildman–Crippen MR) is 72.2 cm³/mol. The Labute approximate surface area is 128 Å². The first kappa shape index (κ1) is 17.0. The van der Waals surface area contributed by atoms with Crippen LogP contribution in [0.4, 0.5) is 22.0 Å². The lowest BCUT2D eigenvalue weighted by Crippen LogP contribution is -2.17. The van der Waals surface area contributed by atoms with Gasteiger partial charge in [-0.25, -0.2) is 0 Å². The third-order valence-electron chi connectivity index (χ3n) is 2.94. The number of halogens is 5. The maximum atomic E-state index is 12.4. The second-order valence-corrected chi connectivity index (χ2v) is 4.51. The van der Waals surface area contributed by atoms with Gasteiger partial charge in [-0.2, -0.15) is 8.78 Å². The van der Waals surface area contributed by atoms with Crippen LogP contribution in [0.5, 0.6) is 11.5 Å². The highest BCUT2D eigenvalue weighted by Crippen LogP contribution is 2.31. The van der Waals surface area contributed by atoms with Crippen molar-refractivity contribution in [3.8, 4) is 11.5 Å². The Kier molecular flexibility index (Phi) is 5.05. The number of hydrogen-bond acceptors (Lipinski definition) is 3. The zero-order valence-electron chi connectivity index (χ0n) is 11.6. The van der Waals surface area contributed by atoms with Crippen molar-refractivity contribution in [2.24, 2.45) is 5.73 Å². The molecule has 0 saturated carbocycles. The first-order valence-electron chi connectivity index (χ1n) is 6.41. The largest absolute Gasteiger partial charge is 0.573 e. The minimum Gasteiger partial charge on any atom is -0.434 e. The summed E-state index contributed by atoms with van der Waals surface area (Å²) >= 11 is 0. The third kappa shape index (κ3) is 4.82. The van der Waals surface area contributed by atoms with Crippen molar-refractivity contribution in [2.45, 2.75) is 19.0 Å². The van der Waals surface area contributed by atoms with Gasteiger partial charge in [-0.15, -0.1) is 13.2 Å². The molecule has 0 aromatic heterocycles. The second-order valence-electron chi connectivity index (χ2n) is 4.51. The number of rotatable bonds is 5. The summed E-state index contributed by atoms with van der Waals surface area (Å²) in [6.07, 6.45) is -4.79. The Morgan fingerprint density at radius 1 is 0.913 bits per heavy atom. The molecule has 0 amide bonds. The quantitative estimate of drug-likeness (QED) is 0.833. The van der Waals surface area contributed by atoms with Crippen molar-refractivity contribution >= 4 is 0 Å². The normalized spacial score (nSPS) is 13.0. The van der Waals surface area contributed by atoms with E-state index in [4.69, 9.17) is 5.73 Å². The topological polar surface area (TPSA) is 44.5 Å². The van der Waals surface area contributed by atoms with Crippen molar-refractivity contribution in [1.82, 2.24) is 0 Å². The molecule has 0 heterocycles. The van der Waals surface area contributed by atoms with Crippen LogP contribution < -0.4 is 15.2 Å². The molecule has 3 nitrogen and oxygen atoms in total. The van der Waals surface area contributed by atoms with Gasteiger partial charge in [0.05, 0.1) is 6.04 Å². The lowest BCUT2D eigenvalue weighted by Gasteiger charge is -2.17. The predicted octanol–water partition coefficient (Wildman–Crippen LogP) is 4.23. The number of nitrogens with two attached hydrogens (primary N) is 1. The highest BCUT2D eigenvalue weighted by Gasteiger charge is 2.31. The Hall–Kier alpha value is -2.35. The number of ether oxygens (including phenoxy) is 2. The van der Waals surface area contributed by atoms with Crippen molar-refractivity contribution in [1.29, 1.82) is 0 Å².